The first kappa shape index (κ1) is 21.3. The topological polar surface area (TPSA) is 98.8 Å². The van der Waals surface area contributed by atoms with Gasteiger partial charge in [-0.05, 0) is 36.8 Å². The highest BCUT2D eigenvalue weighted by atomic mass is 16.2. The monoisotopic (exact) mass is 426 g/mol. The van der Waals surface area contributed by atoms with Gasteiger partial charge in [-0.15, -0.1) is 0 Å². The van der Waals surface area contributed by atoms with E-state index in [4.69, 9.17) is 0 Å². The van der Waals surface area contributed by atoms with Gasteiger partial charge in [0.25, 0.3) is 5.91 Å². The zero-order chi connectivity index (χ0) is 22.2. The van der Waals surface area contributed by atoms with Crippen LogP contribution < -0.4 is 15.6 Å². The molecule has 166 valence electrons. The van der Waals surface area contributed by atoms with E-state index in [0.717, 1.165) is 41.9 Å². The number of anilines is 1. The summed E-state index contributed by atoms with van der Waals surface area (Å²) >= 11 is 0. The van der Waals surface area contributed by atoms with Gasteiger partial charge in [0.1, 0.15) is 5.54 Å². The summed E-state index contributed by atoms with van der Waals surface area (Å²) in [6.07, 6.45) is 4.95. The average Bonchev–Trinajstić information content (AvgIpc) is 3.27. The number of nitrogens with zero attached hydrogens (tertiary/aromatic N) is 2. The Labute approximate surface area is 182 Å². The summed E-state index contributed by atoms with van der Waals surface area (Å²) in [4.78, 5) is 52.6. The van der Waals surface area contributed by atoms with E-state index in [-0.39, 0.29) is 24.8 Å². The number of imide groups is 1. The zero-order valence-electron chi connectivity index (χ0n) is 18.1. The highest BCUT2D eigenvalue weighted by molar-refractivity contribution is 6.08. The Bertz CT molecular complexity index is 909. The highest BCUT2D eigenvalue weighted by Gasteiger charge is 2.52. The van der Waals surface area contributed by atoms with Gasteiger partial charge in [0.2, 0.25) is 11.8 Å². The van der Waals surface area contributed by atoms with Crippen LogP contribution in [0.2, 0.25) is 0 Å². The third-order valence-corrected chi connectivity index (χ3v) is 6.96. The molecule has 1 spiro atoms. The van der Waals surface area contributed by atoms with Crippen molar-refractivity contribution in [1.29, 1.82) is 0 Å². The molecule has 2 N–H and O–H groups in total. The molecule has 31 heavy (non-hydrogen) atoms. The summed E-state index contributed by atoms with van der Waals surface area (Å²) < 4.78 is 0. The lowest BCUT2D eigenvalue weighted by Crippen LogP contribution is -2.52. The lowest BCUT2D eigenvalue weighted by atomic mass is 9.82. The fourth-order valence-electron chi connectivity index (χ4n) is 4.90. The molecule has 0 radical (unpaired) electrons. The molecule has 2 atom stereocenters. The second kappa shape index (κ2) is 8.32. The Hall–Kier alpha value is -2.90. The van der Waals surface area contributed by atoms with Crippen molar-refractivity contribution in [2.75, 3.05) is 11.4 Å². The molecular formula is C23H30N4O4. The molecule has 2 saturated heterocycles. The van der Waals surface area contributed by atoms with Crippen LogP contribution in [0.15, 0.2) is 24.3 Å². The van der Waals surface area contributed by atoms with Gasteiger partial charge in [-0.1, -0.05) is 51.3 Å². The third kappa shape index (κ3) is 3.79. The van der Waals surface area contributed by atoms with Crippen molar-refractivity contribution in [3.8, 4) is 0 Å². The number of amides is 5. The largest absolute Gasteiger partial charge is 0.344 e. The van der Waals surface area contributed by atoms with Gasteiger partial charge in [0.15, 0.2) is 0 Å². The molecule has 8 nitrogen and oxygen atoms in total. The second-order valence-electron chi connectivity index (χ2n) is 8.96. The van der Waals surface area contributed by atoms with Gasteiger partial charge in [0, 0.05) is 18.7 Å². The molecular weight excluding hydrogens is 396 g/mol. The molecule has 1 aromatic carbocycles. The predicted octanol–water partition coefficient (Wildman–Crippen LogP) is 2.84. The molecule has 1 saturated carbocycles. The fourth-order valence-corrected chi connectivity index (χ4v) is 4.90. The molecule has 4 rings (SSSR count). The van der Waals surface area contributed by atoms with Gasteiger partial charge in [-0.2, -0.15) is 5.01 Å². The molecule has 2 aliphatic heterocycles. The Kier molecular flexibility index (Phi) is 5.73. The lowest BCUT2D eigenvalue weighted by Gasteiger charge is -2.30. The summed E-state index contributed by atoms with van der Waals surface area (Å²) in [6.45, 7) is 4.44. The molecule has 3 aliphatic rings. The van der Waals surface area contributed by atoms with Gasteiger partial charge < -0.3 is 10.2 Å². The second-order valence-corrected chi connectivity index (χ2v) is 8.96. The molecule has 0 bridgehead atoms. The number of urea groups is 1. The maximum atomic E-state index is 12.9. The average molecular weight is 427 g/mol. The van der Waals surface area contributed by atoms with E-state index in [1.807, 2.05) is 24.3 Å². The van der Waals surface area contributed by atoms with Crippen molar-refractivity contribution < 1.29 is 19.2 Å². The highest BCUT2D eigenvalue weighted by Crippen LogP contribution is 2.35. The van der Waals surface area contributed by atoms with Crippen molar-refractivity contribution in [3.63, 3.8) is 0 Å². The first-order valence-electron chi connectivity index (χ1n) is 11.2. The summed E-state index contributed by atoms with van der Waals surface area (Å²) in [5.74, 6) is -1.34. The fraction of sp³-hybridized carbons (Fsp3) is 0.565. The van der Waals surface area contributed by atoms with Crippen molar-refractivity contribution >= 4 is 29.4 Å². The smallest absolute Gasteiger partial charge is 0.322 e. The summed E-state index contributed by atoms with van der Waals surface area (Å²) in [5.41, 5.74) is 3.50. The zero-order valence-corrected chi connectivity index (χ0v) is 18.1. The summed E-state index contributed by atoms with van der Waals surface area (Å²) in [5, 5.41) is 3.59. The Balaban J connectivity index is 1.46. The maximum Gasteiger partial charge on any atom is 0.344 e. The summed E-state index contributed by atoms with van der Waals surface area (Å²) in [7, 11) is 0. The number of rotatable bonds is 5. The van der Waals surface area contributed by atoms with Crippen LogP contribution in [0, 0.1) is 5.92 Å². The van der Waals surface area contributed by atoms with E-state index >= 15 is 0 Å². The van der Waals surface area contributed by atoms with Crippen LogP contribution in [-0.2, 0) is 14.4 Å². The van der Waals surface area contributed by atoms with Gasteiger partial charge in [-0.25, -0.2) is 4.79 Å². The molecule has 0 unspecified atom stereocenters. The molecule has 2 heterocycles. The minimum atomic E-state index is -0.893. The lowest BCUT2D eigenvalue weighted by molar-refractivity contribution is -0.141. The number of benzene rings is 1. The molecule has 5 amide bonds. The Morgan fingerprint density at radius 3 is 2.61 bits per heavy atom. The van der Waals surface area contributed by atoms with Gasteiger partial charge in [-0.3, -0.25) is 19.8 Å². The number of carbonyl (C=O) groups excluding carboxylic acids is 4. The van der Waals surface area contributed by atoms with Crippen LogP contribution in [0.1, 0.15) is 70.3 Å². The van der Waals surface area contributed by atoms with E-state index in [1.54, 1.807) is 4.90 Å². The number of hydrogen-bond acceptors (Lipinski definition) is 4. The van der Waals surface area contributed by atoms with Crippen molar-refractivity contribution in [3.05, 3.63) is 29.8 Å². The molecule has 3 fully saturated rings. The van der Waals surface area contributed by atoms with Crippen LogP contribution in [0.4, 0.5) is 10.5 Å². The minimum absolute atomic E-state index is 0.0511. The normalized spacial score (nSPS) is 23.9. The van der Waals surface area contributed by atoms with Crippen molar-refractivity contribution in [2.45, 2.75) is 70.3 Å². The number of hydrazine groups is 1. The summed E-state index contributed by atoms with van der Waals surface area (Å²) in [6, 6.07) is 7.17. The number of para-hydroxylation sites is 1. The third-order valence-electron chi connectivity index (χ3n) is 6.96. The molecule has 8 heteroatoms. The van der Waals surface area contributed by atoms with E-state index in [1.165, 1.54) is 0 Å². The van der Waals surface area contributed by atoms with Crippen LogP contribution in [0.5, 0.6) is 0 Å². The van der Waals surface area contributed by atoms with Crippen molar-refractivity contribution in [1.82, 2.24) is 15.8 Å². The number of hydrogen-bond donors (Lipinski definition) is 2. The van der Waals surface area contributed by atoms with Crippen LogP contribution in [0.3, 0.4) is 0 Å². The first-order chi connectivity index (χ1) is 14.9. The van der Waals surface area contributed by atoms with Crippen molar-refractivity contribution in [2.24, 2.45) is 5.92 Å². The standard InChI is InChI=1S/C23H30N4O4/c1-3-15(2)17-9-5-6-10-18(17)26-14-16(13-19(26)28)20(29)25-27-21(30)23(24-22(27)31)11-7-4-8-12-23/h5-6,9-10,15-16H,3-4,7-8,11-14H2,1-2H3,(H,24,31)(H,25,29)/t15-,16-/m0/s1. The van der Waals surface area contributed by atoms with Gasteiger partial charge >= 0.3 is 6.03 Å². The number of nitrogens with one attached hydrogen (secondary N) is 2. The van der Waals surface area contributed by atoms with Crippen LogP contribution in [0.25, 0.3) is 0 Å². The van der Waals surface area contributed by atoms with Crippen LogP contribution >= 0.6 is 0 Å². The van der Waals surface area contributed by atoms with E-state index in [9.17, 15) is 19.2 Å². The predicted molar refractivity (Wildman–Crippen MR) is 115 cm³/mol. The molecule has 0 aromatic heterocycles. The van der Waals surface area contributed by atoms with E-state index in [0.29, 0.717) is 12.8 Å². The SMILES string of the molecule is CC[C@H](C)c1ccccc1N1C[C@@H](C(=O)NN2C(=O)NC3(CCCCC3)C2=O)CC1=O. The Morgan fingerprint density at radius 1 is 1.19 bits per heavy atom. The number of carbonyl (C=O) groups is 4. The first-order valence-corrected chi connectivity index (χ1v) is 11.2. The van der Waals surface area contributed by atoms with E-state index in [2.05, 4.69) is 24.6 Å². The molecule has 1 aromatic rings. The molecule has 1 aliphatic carbocycles. The minimum Gasteiger partial charge on any atom is -0.322 e. The Morgan fingerprint density at radius 2 is 1.90 bits per heavy atom. The quantitative estimate of drug-likeness (QED) is 0.708. The maximum absolute atomic E-state index is 12.9. The van der Waals surface area contributed by atoms with Crippen LogP contribution in [-0.4, -0.2) is 40.8 Å². The van der Waals surface area contributed by atoms with E-state index < -0.39 is 29.3 Å². The van der Waals surface area contributed by atoms with Gasteiger partial charge in [0.05, 0.1) is 5.92 Å².